The number of carbonyl (C=O) groups excluding carboxylic acids is 1. The molecule has 0 bridgehead atoms. The summed E-state index contributed by atoms with van der Waals surface area (Å²) in [5, 5.41) is 0. The average molecular weight is 264 g/mol. The zero-order valence-corrected chi connectivity index (χ0v) is 11.3. The smallest absolute Gasteiger partial charge is 0.305 e. The third kappa shape index (κ3) is 4.16. The van der Waals surface area contributed by atoms with E-state index in [1.54, 1.807) is 0 Å². The highest BCUT2D eigenvalue weighted by atomic mass is 16.5. The predicted octanol–water partition coefficient (Wildman–Crippen LogP) is 2.73. The fourth-order valence-corrected chi connectivity index (χ4v) is 2.05. The molecule has 1 aliphatic rings. The summed E-state index contributed by atoms with van der Waals surface area (Å²) >= 11 is 0. The average Bonchev–Trinajstić information content (AvgIpc) is 2.44. The van der Waals surface area contributed by atoms with Crippen LogP contribution in [0.4, 0.5) is 0 Å². The first kappa shape index (κ1) is 13.7. The van der Waals surface area contributed by atoms with Crippen LogP contribution in [0.5, 0.6) is 11.5 Å². The van der Waals surface area contributed by atoms with Crippen molar-refractivity contribution in [2.75, 3.05) is 19.8 Å². The van der Waals surface area contributed by atoms with Crippen LogP contribution < -0.4 is 9.47 Å². The minimum Gasteiger partial charge on any atom is -0.493 e. The molecule has 0 fully saturated rings. The summed E-state index contributed by atoms with van der Waals surface area (Å²) in [6.07, 6.45) is 3.21. The van der Waals surface area contributed by atoms with E-state index in [2.05, 4.69) is 6.07 Å². The van der Waals surface area contributed by atoms with Crippen molar-refractivity contribution < 1.29 is 19.0 Å². The second-order valence-corrected chi connectivity index (χ2v) is 4.48. The van der Waals surface area contributed by atoms with Gasteiger partial charge in [0, 0.05) is 12.5 Å². The van der Waals surface area contributed by atoms with Crippen molar-refractivity contribution in [1.29, 1.82) is 0 Å². The van der Waals surface area contributed by atoms with Crippen LogP contribution in [0.25, 0.3) is 0 Å². The van der Waals surface area contributed by atoms with Gasteiger partial charge < -0.3 is 14.2 Å². The van der Waals surface area contributed by atoms with E-state index < -0.39 is 0 Å². The highest BCUT2D eigenvalue weighted by Crippen LogP contribution is 2.29. The number of benzene rings is 1. The normalized spacial score (nSPS) is 13.3. The molecule has 0 N–H and O–H groups in total. The SMILES string of the molecule is CCOC(=O)CCCOc1ccc2c(c1)OCCC2. The van der Waals surface area contributed by atoms with E-state index in [4.69, 9.17) is 14.2 Å². The van der Waals surface area contributed by atoms with Gasteiger partial charge in [-0.1, -0.05) is 6.07 Å². The molecule has 0 atom stereocenters. The van der Waals surface area contributed by atoms with E-state index in [1.165, 1.54) is 5.56 Å². The molecular formula is C15H20O4. The minimum atomic E-state index is -0.167. The monoisotopic (exact) mass is 264 g/mol. The third-order valence-corrected chi connectivity index (χ3v) is 2.99. The lowest BCUT2D eigenvalue weighted by atomic mass is 10.1. The van der Waals surface area contributed by atoms with Crippen molar-refractivity contribution in [2.24, 2.45) is 0 Å². The van der Waals surface area contributed by atoms with Gasteiger partial charge in [0.15, 0.2) is 0 Å². The zero-order valence-electron chi connectivity index (χ0n) is 11.3. The molecule has 0 amide bonds. The van der Waals surface area contributed by atoms with Gasteiger partial charge in [-0.25, -0.2) is 0 Å². The van der Waals surface area contributed by atoms with E-state index >= 15 is 0 Å². The molecule has 0 spiro atoms. The first-order valence-electron chi connectivity index (χ1n) is 6.83. The van der Waals surface area contributed by atoms with Gasteiger partial charge in [0.1, 0.15) is 11.5 Å². The maximum atomic E-state index is 11.1. The fourth-order valence-electron chi connectivity index (χ4n) is 2.05. The van der Waals surface area contributed by atoms with Gasteiger partial charge in [0.25, 0.3) is 0 Å². The van der Waals surface area contributed by atoms with E-state index in [1.807, 2.05) is 19.1 Å². The van der Waals surface area contributed by atoms with Gasteiger partial charge in [0.2, 0.25) is 0 Å². The molecule has 0 saturated carbocycles. The zero-order chi connectivity index (χ0) is 13.5. The van der Waals surface area contributed by atoms with Crippen molar-refractivity contribution in [3.05, 3.63) is 23.8 Å². The maximum absolute atomic E-state index is 11.1. The van der Waals surface area contributed by atoms with Gasteiger partial charge in [-0.15, -0.1) is 0 Å². The van der Waals surface area contributed by atoms with Crippen molar-refractivity contribution in [1.82, 2.24) is 0 Å². The van der Waals surface area contributed by atoms with Crippen LogP contribution in [0.2, 0.25) is 0 Å². The molecule has 1 aliphatic heterocycles. The molecule has 1 heterocycles. The number of carbonyl (C=O) groups is 1. The lowest BCUT2D eigenvalue weighted by molar-refractivity contribution is -0.143. The highest BCUT2D eigenvalue weighted by molar-refractivity contribution is 5.69. The summed E-state index contributed by atoms with van der Waals surface area (Å²) in [6.45, 7) is 3.53. The van der Waals surface area contributed by atoms with Gasteiger partial charge in [-0.2, -0.15) is 0 Å². The highest BCUT2D eigenvalue weighted by Gasteiger charge is 2.11. The largest absolute Gasteiger partial charge is 0.493 e. The molecule has 104 valence electrons. The number of esters is 1. The summed E-state index contributed by atoms with van der Waals surface area (Å²) in [5.74, 6) is 1.55. The van der Waals surface area contributed by atoms with Crippen LogP contribution in [-0.4, -0.2) is 25.8 Å². The minimum absolute atomic E-state index is 0.167. The Morgan fingerprint density at radius 2 is 2.32 bits per heavy atom. The van der Waals surface area contributed by atoms with Gasteiger partial charge >= 0.3 is 5.97 Å². The summed E-state index contributed by atoms with van der Waals surface area (Å²) in [6, 6.07) is 5.94. The van der Waals surface area contributed by atoms with Crippen LogP contribution in [0.1, 0.15) is 31.7 Å². The molecule has 0 unspecified atom stereocenters. The maximum Gasteiger partial charge on any atom is 0.305 e. The molecule has 0 radical (unpaired) electrons. The molecule has 4 nitrogen and oxygen atoms in total. The third-order valence-electron chi connectivity index (χ3n) is 2.99. The number of ether oxygens (including phenoxy) is 3. The number of rotatable bonds is 6. The second kappa shape index (κ2) is 7.02. The van der Waals surface area contributed by atoms with Crippen LogP contribution in [0.15, 0.2) is 18.2 Å². The standard InChI is InChI=1S/C15H20O4/c1-2-17-15(16)6-4-9-18-13-8-7-12-5-3-10-19-14(12)11-13/h7-8,11H,2-6,9-10H2,1H3. The summed E-state index contributed by atoms with van der Waals surface area (Å²) in [4.78, 5) is 11.1. The van der Waals surface area contributed by atoms with Crippen LogP contribution in [-0.2, 0) is 16.0 Å². The van der Waals surface area contributed by atoms with E-state index in [0.29, 0.717) is 26.1 Å². The molecule has 2 rings (SSSR count). The molecule has 0 aromatic heterocycles. The van der Waals surface area contributed by atoms with Crippen LogP contribution >= 0.6 is 0 Å². The first-order valence-corrected chi connectivity index (χ1v) is 6.83. The van der Waals surface area contributed by atoms with Gasteiger partial charge in [-0.3, -0.25) is 4.79 Å². The topological polar surface area (TPSA) is 44.8 Å². The predicted molar refractivity (Wildman–Crippen MR) is 71.6 cm³/mol. The molecule has 1 aromatic carbocycles. The summed E-state index contributed by atoms with van der Waals surface area (Å²) in [5.41, 5.74) is 1.24. The van der Waals surface area contributed by atoms with Gasteiger partial charge in [-0.05, 0) is 37.8 Å². The molecule has 4 heteroatoms. The Bertz CT molecular complexity index is 428. The van der Waals surface area contributed by atoms with E-state index in [0.717, 1.165) is 30.9 Å². The second-order valence-electron chi connectivity index (χ2n) is 4.48. The van der Waals surface area contributed by atoms with Crippen LogP contribution in [0.3, 0.4) is 0 Å². The first-order chi connectivity index (χ1) is 9.29. The molecule has 19 heavy (non-hydrogen) atoms. The van der Waals surface area contributed by atoms with Crippen molar-refractivity contribution in [3.63, 3.8) is 0 Å². The molecule has 1 aromatic rings. The lowest BCUT2D eigenvalue weighted by Gasteiger charge is -2.18. The number of hydrogen-bond donors (Lipinski definition) is 0. The van der Waals surface area contributed by atoms with E-state index in [-0.39, 0.29) is 5.97 Å². The Balaban J connectivity index is 1.75. The number of hydrogen-bond acceptors (Lipinski definition) is 4. The summed E-state index contributed by atoms with van der Waals surface area (Å²) < 4.78 is 16.1. The van der Waals surface area contributed by atoms with Crippen LogP contribution in [0, 0.1) is 0 Å². The van der Waals surface area contributed by atoms with Crippen molar-refractivity contribution in [2.45, 2.75) is 32.6 Å². The molecule has 0 saturated heterocycles. The van der Waals surface area contributed by atoms with Gasteiger partial charge in [0.05, 0.1) is 19.8 Å². The van der Waals surface area contributed by atoms with E-state index in [9.17, 15) is 4.79 Å². The quantitative estimate of drug-likeness (QED) is 0.585. The Morgan fingerprint density at radius 3 is 3.16 bits per heavy atom. The Kier molecular flexibility index (Phi) is 5.07. The molecular weight excluding hydrogens is 244 g/mol. The Hall–Kier alpha value is -1.71. The Labute approximate surface area is 113 Å². The van der Waals surface area contributed by atoms with Crippen molar-refractivity contribution >= 4 is 5.97 Å². The molecule has 0 aliphatic carbocycles. The number of fused-ring (bicyclic) bond motifs is 1. The summed E-state index contributed by atoms with van der Waals surface area (Å²) in [7, 11) is 0. The Morgan fingerprint density at radius 1 is 1.42 bits per heavy atom. The lowest BCUT2D eigenvalue weighted by Crippen LogP contribution is -2.09. The fraction of sp³-hybridized carbons (Fsp3) is 0.533. The van der Waals surface area contributed by atoms with Crippen molar-refractivity contribution in [3.8, 4) is 11.5 Å². The number of aryl methyl sites for hydroxylation is 1.